The molecule has 9 nitrogen and oxygen atoms in total. The Kier molecular flexibility index (Phi) is 43.6. The normalized spacial score (nSPS) is 13.2. The molecule has 0 saturated heterocycles. The van der Waals surface area contributed by atoms with Gasteiger partial charge < -0.3 is 37.2 Å². The minimum atomic E-state index is -0.590. The van der Waals surface area contributed by atoms with Crippen molar-refractivity contribution in [3.63, 3.8) is 0 Å². The Morgan fingerprint density at radius 1 is 0.475 bits per heavy atom. The molecule has 0 aromatic carbocycles. The second kappa shape index (κ2) is 45.3. The Morgan fingerprint density at radius 2 is 0.797 bits per heavy atom. The lowest BCUT2D eigenvalue weighted by Crippen LogP contribution is -2.37. The monoisotopic (exact) mass is 830 g/mol. The van der Waals surface area contributed by atoms with E-state index in [0.717, 1.165) is 51.9 Å². The second-order valence-corrected chi connectivity index (χ2v) is 17.4. The van der Waals surface area contributed by atoms with Crippen molar-refractivity contribution < 1.29 is 10.2 Å². The van der Waals surface area contributed by atoms with Crippen LogP contribution >= 0.6 is 0 Å². The summed E-state index contributed by atoms with van der Waals surface area (Å²) in [6.07, 6.45) is 50.8. The zero-order valence-electron chi connectivity index (χ0n) is 39.0. The average Bonchev–Trinajstić information content (AvgIpc) is 3.20. The van der Waals surface area contributed by atoms with Crippen molar-refractivity contribution in [3.8, 4) is 0 Å². The van der Waals surface area contributed by atoms with Crippen LogP contribution in [0.4, 0.5) is 0 Å². The summed E-state index contributed by atoms with van der Waals surface area (Å²) < 4.78 is 0. The van der Waals surface area contributed by atoms with Gasteiger partial charge in [-0.15, -0.1) is 0 Å². The first-order chi connectivity index (χ1) is 28.8. The van der Waals surface area contributed by atoms with E-state index in [9.17, 15) is 10.2 Å². The lowest BCUT2D eigenvalue weighted by Gasteiger charge is -2.27. The molecule has 0 aromatic rings. The van der Waals surface area contributed by atoms with Crippen LogP contribution in [0.1, 0.15) is 213 Å². The van der Waals surface area contributed by atoms with Gasteiger partial charge in [-0.05, 0) is 116 Å². The lowest BCUT2D eigenvalue weighted by atomic mass is 10.1. The lowest BCUT2D eigenvalue weighted by molar-refractivity contribution is 0.105. The van der Waals surface area contributed by atoms with E-state index >= 15 is 0 Å². The number of nitrogens with one attached hydrogen (secondary N) is 1. The molecule has 0 radical (unpaired) electrons. The molecule has 2 atom stereocenters. The molecule has 0 rings (SSSR count). The number of unbranched alkanes of at least 4 members (excludes halogenated alkanes) is 25. The number of nitrogens with two attached hydrogens (primary N) is 3. The molecule has 0 aromatic heterocycles. The Hall–Kier alpha value is -2.20. The third-order valence-electron chi connectivity index (χ3n) is 11.3. The van der Waals surface area contributed by atoms with Crippen molar-refractivity contribution in [1.82, 2.24) is 9.80 Å². The van der Waals surface area contributed by atoms with Gasteiger partial charge in [0.2, 0.25) is 0 Å². The number of hydrogen-bond acceptors (Lipinski definition) is 6. The highest BCUT2D eigenvalue weighted by Crippen LogP contribution is 2.14. The van der Waals surface area contributed by atoms with E-state index in [4.69, 9.17) is 22.6 Å². The van der Waals surface area contributed by atoms with Crippen molar-refractivity contribution in [2.75, 3.05) is 45.8 Å². The first kappa shape index (κ1) is 56.8. The van der Waals surface area contributed by atoms with Gasteiger partial charge in [0, 0.05) is 13.1 Å². The maximum atomic E-state index is 10.8. The van der Waals surface area contributed by atoms with Gasteiger partial charge >= 0.3 is 0 Å². The molecule has 0 fully saturated rings. The second-order valence-electron chi connectivity index (χ2n) is 17.4. The molecule has 0 heterocycles. The molecule has 0 bridgehead atoms. The fraction of sp³-hybridized carbons (Fsp3) is 0.840. The number of nitrogens with zero attached hydrogens (tertiary/aromatic N) is 3. The number of hydrogen-bond donors (Lipinski definition) is 6. The van der Waals surface area contributed by atoms with Crippen LogP contribution < -0.4 is 17.2 Å². The van der Waals surface area contributed by atoms with E-state index in [0.29, 0.717) is 19.5 Å². The molecule has 0 saturated carbocycles. The molecule has 0 amide bonds. The van der Waals surface area contributed by atoms with Crippen LogP contribution in [-0.2, 0) is 0 Å². The maximum absolute atomic E-state index is 10.8. The summed E-state index contributed by atoms with van der Waals surface area (Å²) in [5, 5.41) is 28.9. The van der Waals surface area contributed by atoms with Gasteiger partial charge in [0.05, 0.1) is 18.8 Å². The predicted octanol–water partition coefficient (Wildman–Crippen LogP) is 11.3. The highest BCUT2D eigenvalue weighted by atomic mass is 16.3. The third-order valence-corrected chi connectivity index (χ3v) is 11.3. The van der Waals surface area contributed by atoms with Gasteiger partial charge in [-0.1, -0.05) is 160 Å². The molecule has 0 aliphatic heterocycles. The molecule has 9 N–H and O–H groups in total. The molecule has 346 valence electrons. The molecular formula is C50H99N7O2. The smallest absolute Gasteiger partial charge is 0.185 e. The first-order valence-electron chi connectivity index (χ1n) is 24.9. The number of amidine groups is 1. The summed E-state index contributed by atoms with van der Waals surface area (Å²) in [5.74, 6) is 0.0354. The average molecular weight is 830 g/mol. The number of allylic oxidation sites excluding steroid dienone is 4. The van der Waals surface area contributed by atoms with Crippen LogP contribution in [0, 0.1) is 5.41 Å². The van der Waals surface area contributed by atoms with Crippen LogP contribution in [-0.4, -0.2) is 89.8 Å². The van der Waals surface area contributed by atoms with E-state index < -0.39 is 12.2 Å². The number of aliphatic imine (C=N–C) groups is 1. The zero-order valence-corrected chi connectivity index (χ0v) is 39.0. The van der Waals surface area contributed by atoms with E-state index in [-0.39, 0.29) is 18.3 Å². The summed E-state index contributed by atoms with van der Waals surface area (Å²) in [6.45, 7) is 9.81. The number of rotatable bonds is 46. The Morgan fingerprint density at radius 3 is 1.15 bits per heavy atom. The topological polar surface area (TPSA) is 161 Å². The van der Waals surface area contributed by atoms with Crippen LogP contribution in [0.5, 0.6) is 0 Å². The minimum Gasteiger partial charge on any atom is -0.391 e. The van der Waals surface area contributed by atoms with Crippen LogP contribution in [0.25, 0.3) is 0 Å². The van der Waals surface area contributed by atoms with Gasteiger partial charge in [-0.2, -0.15) is 0 Å². The van der Waals surface area contributed by atoms with Crippen molar-refractivity contribution >= 4 is 11.8 Å². The Labute approximate surface area is 365 Å². The predicted molar refractivity (Wildman–Crippen MR) is 259 cm³/mol. The quantitative estimate of drug-likeness (QED) is 0.0154. The van der Waals surface area contributed by atoms with E-state index in [2.05, 4.69) is 52.9 Å². The van der Waals surface area contributed by atoms with Gasteiger partial charge in [0.25, 0.3) is 0 Å². The third kappa shape index (κ3) is 45.2. The zero-order chi connectivity index (χ0) is 43.3. The standard InChI is InChI=1S/C50H99N7O2/c1-3-5-7-9-11-13-15-17-19-21-23-25-27-29-31-33-40-56(45-47(58)38-37-39-49(51)52)42-35-36-43-57(46-48(59)44-55-50(53)54)41-34-32-30-28-26-24-22-20-18-16-14-12-10-8-6-4-2/h17-20,37,39,47-48,58-59H,3-16,21-36,38,40-46H2,1-2H3,(H3,51,52)(H4,53,54,55)/b19-17-,20-18-,39-37?. The van der Waals surface area contributed by atoms with Gasteiger partial charge in [0.15, 0.2) is 5.96 Å². The highest BCUT2D eigenvalue weighted by molar-refractivity contribution is 5.88. The first-order valence-corrected chi connectivity index (χ1v) is 24.9. The van der Waals surface area contributed by atoms with E-state index in [1.165, 1.54) is 167 Å². The fourth-order valence-corrected chi connectivity index (χ4v) is 7.72. The van der Waals surface area contributed by atoms with E-state index in [1.807, 2.05) is 0 Å². The van der Waals surface area contributed by atoms with Crippen molar-refractivity contribution in [3.05, 3.63) is 36.5 Å². The molecule has 2 unspecified atom stereocenters. The van der Waals surface area contributed by atoms with Crippen LogP contribution in [0.3, 0.4) is 0 Å². The molecule has 0 spiro atoms. The van der Waals surface area contributed by atoms with Crippen LogP contribution in [0.15, 0.2) is 41.4 Å². The van der Waals surface area contributed by atoms with Crippen molar-refractivity contribution in [2.45, 2.75) is 225 Å². The summed E-state index contributed by atoms with van der Waals surface area (Å²) in [6, 6.07) is 0. The largest absolute Gasteiger partial charge is 0.391 e. The SMILES string of the molecule is CCCCCCCC/C=C\CCCCCCCCN(CCCCN(CCCCCCCC/C=C\CCCCCCCC)CC(O)CN=C(N)N)CC(O)CC=CC(=N)N. The highest BCUT2D eigenvalue weighted by Gasteiger charge is 2.14. The summed E-state index contributed by atoms with van der Waals surface area (Å²) in [4.78, 5) is 8.86. The summed E-state index contributed by atoms with van der Waals surface area (Å²) in [7, 11) is 0. The van der Waals surface area contributed by atoms with Crippen molar-refractivity contribution in [2.24, 2.45) is 22.2 Å². The molecule has 59 heavy (non-hydrogen) atoms. The maximum Gasteiger partial charge on any atom is 0.185 e. The minimum absolute atomic E-state index is 0.0171. The van der Waals surface area contributed by atoms with Gasteiger partial charge in [-0.3, -0.25) is 10.4 Å². The van der Waals surface area contributed by atoms with Crippen molar-refractivity contribution in [1.29, 1.82) is 5.41 Å². The number of aliphatic hydroxyl groups excluding tert-OH is 2. The number of aliphatic hydroxyl groups is 2. The van der Waals surface area contributed by atoms with E-state index in [1.54, 1.807) is 12.2 Å². The molecule has 0 aliphatic rings. The summed E-state index contributed by atoms with van der Waals surface area (Å²) >= 11 is 0. The Bertz CT molecular complexity index is 1010. The van der Waals surface area contributed by atoms with Gasteiger partial charge in [0.1, 0.15) is 5.84 Å². The van der Waals surface area contributed by atoms with Gasteiger partial charge in [-0.25, -0.2) is 0 Å². The van der Waals surface area contributed by atoms with Crippen LogP contribution in [0.2, 0.25) is 0 Å². The Balaban J connectivity index is 4.60. The molecular weight excluding hydrogens is 731 g/mol. The fourth-order valence-electron chi connectivity index (χ4n) is 7.72. The molecule has 0 aliphatic carbocycles. The number of guanidine groups is 1. The molecule has 9 heteroatoms. The summed E-state index contributed by atoms with van der Waals surface area (Å²) in [5.41, 5.74) is 16.6.